The minimum absolute atomic E-state index is 0.0260. The van der Waals surface area contributed by atoms with Gasteiger partial charge in [-0.2, -0.15) is 0 Å². The van der Waals surface area contributed by atoms with Gasteiger partial charge < -0.3 is 14.8 Å². The molecule has 1 heterocycles. The van der Waals surface area contributed by atoms with Gasteiger partial charge in [-0.15, -0.1) is 10.2 Å². The van der Waals surface area contributed by atoms with E-state index in [4.69, 9.17) is 0 Å². The molecule has 0 saturated heterocycles. The number of rotatable bonds is 8. The molecular weight excluding hydrogens is 362 g/mol. The number of aromatic nitrogens is 3. The molecule has 27 heavy (non-hydrogen) atoms. The molecule has 0 aliphatic rings. The first-order valence-electron chi connectivity index (χ1n) is 8.95. The van der Waals surface area contributed by atoms with Crippen LogP contribution in [0.15, 0.2) is 29.7 Å². The first-order valence-corrected chi connectivity index (χ1v) is 9.94. The quantitative estimate of drug-likeness (QED) is 0.702. The van der Waals surface area contributed by atoms with Crippen molar-refractivity contribution in [2.75, 3.05) is 17.6 Å². The maximum Gasteiger partial charge on any atom is 0.244 e. The number of hydrogen-bond donors (Lipinski definition) is 1. The van der Waals surface area contributed by atoms with E-state index in [1.807, 2.05) is 52.9 Å². The summed E-state index contributed by atoms with van der Waals surface area (Å²) in [5.41, 5.74) is 2.93. The third-order valence-corrected chi connectivity index (χ3v) is 5.65. The van der Waals surface area contributed by atoms with Crippen molar-refractivity contribution in [1.82, 2.24) is 19.7 Å². The van der Waals surface area contributed by atoms with Crippen LogP contribution in [0.3, 0.4) is 0 Å². The zero-order valence-corrected chi connectivity index (χ0v) is 17.3. The van der Waals surface area contributed by atoms with Crippen LogP contribution in [-0.2, 0) is 16.6 Å². The predicted molar refractivity (Wildman–Crippen MR) is 108 cm³/mol. The highest BCUT2D eigenvalue weighted by Gasteiger charge is 2.22. The fourth-order valence-corrected chi connectivity index (χ4v) is 3.33. The Morgan fingerprint density at radius 3 is 2.70 bits per heavy atom. The smallest absolute Gasteiger partial charge is 0.244 e. The number of benzene rings is 1. The molecule has 1 N–H and O–H groups in total. The molecule has 2 rings (SSSR count). The van der Waals surface area contributed by atoms with Gasteiger partial charge in [0.2, 0.25) is 11.8 Å². The van der Waals surface area contributed by atoms with Crippen LogP contribution in [0.1, 0.15) is 31.4 Å². The third-order valence-electron chi connectivity index (χ3n) is 4.63. The molecule has 1 aromatic carbocycles. The number of carbonyl (C=O) groups is 2. The summed E-state index contributed by atoms with van der Waals surface area (Å²) in [4.78, 5) is 26.9. The Labute approximate surface area is 164 Å². The number of carbonyl (C=O) groups excluding carboxylic acids is 2. The number of thioether (sulfide) groups is 1. The molecule has 0 saturated carbocycles. The second kappa shape index (κ2) is 9.55. The van der Waals surface area contributed by atoms with Crippen LogP contribution in [0.25, 0.3) is 0 Å². The van der Waals surface area contributed by atoms with Gasteiger partial charge in [0.25, 0.3) is 0 Å². The van der Waals surface area contributed by atoms with E-state index in [9.17, 15) is 9.59 Å². The first kappa shape index (κ1) is 21.0. The monoisotopic (exact) mass is 389 g/mol. The van der Waals surface area contributed by atoms with Crippen LogP contribution < -0.4 is 5.32 Å². The maximum absolute atomic E-state index is 12.7. The summed E-state index contributed by atoms with van der Waals surface area (Å²) in [7, 11) is 1.83. The molecule has 146 valence electrons. The van der Waals surface area contributed by atoms with E-state index in [0.717, 1.165) is 23.2 Å². The lowest BCUT2D eigenvalue weighted by Gasteiger charge is -2.28. The minimum atomic E-state index is -0.194. The number of nitrogens with zero attached hydrogens (tertiary/aromatic N) is 4. The maximum atomic E-state index is 12.7. The number of hydrogen-bond acceptors (Lipinski definition) is 5. The van der Waals surface area contributed by atoms with E-state index in [2.05, 4.69) is 15.5 Å². The zero-order chi connectivity index (χ0) is 20.0. The highest BCUT2D eigenvalue weighted by atomic mass is 32.2. The molecule has 0 unspecified atom stereocenters. The Morgan fingerprint density at radius 2 is 2.07 bits per heavy atom. The molecule has 0 radical (unpaired) electrons. The Kier molecular flexibility index (Phi) is 7.41. The van der Waals surface area contributed by atoms with Crippen molar-refractivity contribution in [2.45, 2.75) is 45.3 Å². The van der Waals surface area contributed by atoms with E-state index in [-0.39, 0.29) is 30.2 Å². The number of nitrogens with one attached hydrogen (secondary N) is 1. The molecule has 7 nitrogen and oxygen atoms in total. The molecule has 2 aromatic rings. The van der Waals surface area contributed by atoms with Crippen molar-refractivity contribution in [1.29, 1.82) is 0 Å². The summed E-state index contributed by atoms with van der Waals surface area (Å²) in [6, 6.07) is 5.76. The highest BCUT2D eigenvalue weighted by Crippen LogP contribution is 2.19. The minimum Gasteiger partial charge on any atom is -0.330 e. The fraction of sp³-hybridized carbons (Fsp3) is 0.474. The van der Waals surface area contributed by atoms with Crippen molar-refractivity contribution in [3.8, 4) is 0 Å². The Balaban J connectivity index is 2.02. The van der Waals surface area contributed by atoms with E-state index < -0.39 is 0 Å². The largest absolute Gasteiger partial charge is 0.330 e. The molecule has 0 aliphatic heterocycles. The summed E-state index contributed by atoms with van der Waals surface area (Å²) in [5.74, 6) is -0.0670. The van der Waals surface area contributed by atoms with Gasteiger partial charge in [0.15, 0.2) is 5.16 Å². The third kappa shape index (κ3) is 5.56. The average molecular weight is 390 g/mol. The normalized spacial score (nSPS) is 11.9. The first-order chi connectivity index (χ1) is 12.8. The van der Waals surface area contributed by atoms with Crippen LogP contribution in [0.4, 0.5) is 5.69 Å². The van der Waals surface area contributed by atoms with Crippen LogP contribution in [0.5, 0.6) is 0 Å². The summed E-state index contributed by atoms with van der Waals surface area (Å²) < 4.78 is 1.76. The standard InChI is InChI=1S/C19H27N5O2S/c1-6-14(3)24(18(26)11-27-19-22-20-12-23(19)5)10-17(25)21-16-9-7-8-13(2)15(16)4/h7-9,12,14H,6,10-11H2,1-5H3,(H,21,25)/t14-/m0/s1. The Morgan fingerprint density at radius 1 is 1.33 bits per heavy atom. The van der Waals surface area contributed by atoms with Crippen LogP contribution >= 0.6 is 11.8 Å². The van der Waals surface area contributed by atoms with E-state index in [1.54, 1.807) is 15.8 Å². The summed E-state index contributed by atoms with van der Waals surface area (Å²) in [6.07, 6.45) is 2.37. The van der Waals surface area contributed by atoms with Gasteiger partial charge in [-0.3, -0.25) is 9.59 Å². The topological polar surface area (TPSA) is 80.1 Å². The van der Waals surface area contributed by atoms with Gasteiger partial charge in [0.1, 0.15) is 12.9 Å². The lowest BCUT2D eigenvalue weighted by Crippen LogP contribution is -2.44. The van der Waals surface area contributed by atoms with Crippen molar-refractivity contribution < 1.29 is 9.59 Å². The summed E-state index contributed by atoms with van der Waals surface area (Å²) >= 11 is 1.32. The van der Waals surface area contributed by atoms with Gasteiger partial charge in [-0.1, -0.05) is 30.8 Å². The lowest BCUT2D eigenvalue weighted by molar-refractivity contribution is -0.134. The van der Waals surface area contributed by atoms with Crippen molar-refractivity contribution in [2.24, 2.45) is 7.05 Å². The molecule has 0 bridgehead atoms. The van der Waals surface area contributed by atoms with Gasteiger partial charge >= 0.3 is 0 Å². The van der Waals surface area contributed by atoms with E-state index in [0.29, 0.717) is 5.16 Å². The van der Waals surface area contributed by atoms with Gasteiger partial charge in [-0.05, 0) is 44.4 Å². The number of aryl methyl sites for hydroxylation is 2. The molecule has 0 spiro atoms. The van der Waals surface area contributed by atoms with Gasteiger partial charge in [-0.25, -0.2) is 0 Å². The molecule has 8 heteroatoms. The highest BCUT2D eigenvalue weighted by molar-refractivity contribution is 7.99. The molecule has 2 amide bonds. The average Bonchev–Trinajstić information content (AvgIpc) is 3.05. The van der Waals surface area contributed by atoms with Crippen molar-refractivity contribution >= 4 is 29.3 Å². The lowest BCUT2D eigenvalue weighted by atomic mass is 10.1. The SMILES string of the molecule is CC[C@H](C)N(CC(=O)Nc1cccc(C)c1C)C(=O)CSc1nncn1C. The van der Waals surface area contributed by atoms with Crippen molar-refractivity contribution in [3.05, 3.63) is 35.7 Å². The van der Waals surface area contributed by atoms with E-state index >= 15 is 0 Å². The second-order valence-electron chi connectivity index (χ2n) is 6.59. The van der Waals surface area contributed by atoms with Crippen LogP contribution in [0.2, 0.25) is 0 Å². The van der Waals surface area contributed by atoms with Gasteiger partial charge in [0.05, 0.1) is 5.75 Å². The Bertz CT molecular complexity index is 805. The Hall–Kier alpha value is -2.35. The fourth-order valence-electron chi connectivity index (χ4n) is 2.55. The van der Waals surface area contributed by atoms with Gasteiger partial charge in [0, 0.05) is 18.8 Å². The molecular formula is C19H27N5O2S. The predicted octanol–water partition coefficient (Wildman–Crippen LogP) is 2.79. The molecule has 0 aliphatic carbocycles. The van der Waals surface area contributed by atoms with Crippen molar-refractivity contribution in [3.63, 3.8) is 0 Å². The van der Waals surface area contributed by atoms with E-state index in [1.165, 1.54) is 11.8 Å². The second-order valence-corrected chi connectivity index (χ2v) is 7.53. The summed E-state index contributed by atoms with van der Waals surface area (Å²) in [6.45, 7) is 7.96. The van der Waals surface area contributed by atoms with Crippen LogP contribution in [-0.4, -0.2) is 49.8 Å². The molecule has 0 fully saturated rings. The zero-order valence-electron chi connectivity index (χ0n) is 16.5. The van der Waals surface area contributed by atoms with Crippen LogP contribution in [0, 0.1) is 13.8 Å². The number of amides is 2. The summed E-state index contributed by atoms with van der Waals surface area (Å²) in [5, 5.41) is 11.4. The number of anilines is 1. The molecule has 1 atom stereocenters. The molecule has 1 aromatic heterocycles.